The van der Waals surface area contributed by atoms with Crippen molar-refractivity contribution in [2.75, 3.05) is 0 Å². The molecule has 4 atom stereocenters. The maximum atomic E-state index is 12.6. The third kappa shape index (κ3) is 2.54. The van der Waals surface area contributed by atoms with E-state index in [2.05, 4.69) is 22.3 Å². The second-order valence-electron chi connectivity index (χ2n) is 6.09. The van der Waals surface area contributed by atoms with E-state index < -0.39 is 0 Å². The maximum Gasteiger partial charge on any atom is 0.253 e. The maximum absolute atomic E-state index is 12.6. The predicted octanol–water partition coefficient (Wildman–Crippen LogP) is 1.96. The first-order chi connectivity index (χ1) is 10.5. The number of nitrogens with one attached hydrogen (secondary N) is 2. The summed E-state index contributed by atoms with van der Waals surface area (Å²) in [5.74, 6) is 0.209. The quantitative estimate of drug-likeness (QED) is 0.910. The molecule has 0 radical (unpaired) electrons. The van der Waals surface area contributed by atoms with E-state index in [1.165, 1.54) is 0 Å². The number of carbonyl (C=O) groups excluding carboxylic acids is 1. The number of hydrogen-bond donors (Lipinski definition) is 2. The third-order valence-electron chi connectivity index (χ3n) is 4.55. The van der Waals surface area contributed by atoms with Crippen molar-refractivity contribution in [2.45, 2.75) is 39.0 Å². The molecule has 6 nitrogen and oxygen atoms in total. The van der Waals surface area contributed by atoms with Crippen LogP contribution >= 0.6 is 0 Å². The Bertz CT molecular complexity index is 675. The average molecular weight is 302 g/mol. The molecule has 1 saturated heterocycles. The van der Waals surface area contributed by atoms with Crippen LogP contribution in [0.5, 0.6) is 0 Å². The van der Waals surface area contributed by atoms with Crippen molar-refractivity contribution in [1.29, 1.82) is 0 Å². The van der Waals surface area contributed by atoms with E-state index >= 15 is 0 Å². The highest BCUT2D eigenvalue weighted by molar-refractivity contribution is 6.00. The smallest absolute Gasteiger partial charge is 0.253 e. The molecule has 4 unspecified atom stereocenters. The molecule has 22 heavy (non-hydrogen) atoms. The van der Waals surface area contributed by atoms with Gasteiger partial charge in [-0.1, -0.05) is 6.92 Å². The first-order valence-electron chi connectivity index (χ1n) is 7.59. The summed E-state index contributed by atoms with van der Waals surface area (Å²) in [6.45, 7) is 6.16. The van der Waals surface area contributed by atoms with E-state index in [0.29, 0.717) is 11.5 Å². The summed E-state index contributed by atoms with van der Waals surface area (Å²) in [5.41, 5.74) is 2.41. The summed E-state index contributed by atoms with van der Waals surface area (Å²) >= 11 is 0. The molecule has 0 aliphatic carbocycles. The molecular formula is C16H22N4O2. The Labute approximate surface area is 129 Å². The van der Waals surface area contributed by atoms with Crippen molar-refractivity contribution in [2.24, 2.45) is 13.0 Å². The zero-order valence-electron chi connectivity index (χ0n) is 13.3. The SMILES string of the molecule is CC1OC(C)C(NC(=O)c2c[nH]cc2-c2cnn(C)c2)C1C. The summed E-state index contributed by atoms with van der Waals surface area (Å²) in [5, 5.41) is 7.28. The van der Waals surface area contributed by atoms with Gasteiger partial charge in [0.2, 0.25) is 0 Å². The number of aromatic nitrogens is 3. The van der Waals surface area contributed by atoms with Gasteiger partial charge < -0.3 is 15.0 Å². The van der Waals surface area contributed by atoms with Gasteiger partial charge in [-0.15, -0.1) is 0 Å². The van der Waals surface area contributed by atoms with Crippen LogP contribution in [0.1, 0.15) is 31.1 Å². The summed E-state index contributed by atoms with van der Waals surface area (Å²) in [6, 6.07) is 0.0270. The van der Waals surface area contributed by atoms with Crippen LogP contribution in [-0.2, 0) is 11.8 Å². The Balaban J connectivity index is 1.81. The summed E-state index contributed by atoms with van der Waals surface area (Å²) < 4.78 is 7.51. The normalized spacial score (nSPS) is 28.0. The summed E-state index contributed by atoms with van der Waals surface area (Å²) in [7, 11) is 1.86. The van der Waals surface area contributed by atoms with Gasteiger partial charge in [-0.25, -0.2) is 0 Å². The van der Waals surface area contributed by atoms with Gasteiger partial charge in [0.1, 0.15) is 0 Å². The lowest BCUT2D eigenvalue weighted by molar-refractivity contribution is 0.0531. The number of amides is 1. The fourth-order valence-corrected chi connectivity index (χ4v) is 3.10. The predicted molar refractivity (Wildman–Crippen MR) is 83.4 cm³/mol. The number of hydrogen-bond acceptors (Lipinski definition) is 3. The molecular weight excluding hydrogens is 280 g/mol. The van der Waals surface area contributed by atoms with Crippen LogP contribution in [0, 0.1) is 5.92 Å². The van der Waals surface area contributed by atoms with Crippen LogP contribution in [0.4, 0.5) is 0 Å². The number of nitrogens with zero attached hydrogens (tertiary/aromatic N) is 2. The van der Waals surface area contributed by atoms with E-state index in [1.807, 2.05) is 33.3 Å². The van der Waals surface area contributed by atoms with Crippen LogP contribution in [0.15, 0.2) is 24.8 Å². The molecule has 0 saturated carbocycles. The van der Waals surface area contributed by atoms with Crippen LogP contribution in [-0.4, -0.2) is 38.9 Å². The van der Waals surface area contributed by atoms with Crippen LogP contribution in [0.25, 0.3) is 11.1 Å². The number of rotatable bonds is 3. The fourth-order valence-electron chi connectivity index (χ4n) is 3.10. The standard InChI is InChI=1S/C16H22N4O2/c1-9-10(2)22-11(3)15(9)19-16(21)14-7-17-6-13(14)12-5-18-20(4)8-12/h5-11,15,17H,1-4H3,(H,19,21). The molecule has 118 valence electrons. The van der Waals surface area contributed by atoms with Gasteiger partial charge in [-0.05, 0) is 13.8 Å². The summed E-state index contributed by atoms with van der Waals surface area (Å²) in [4.78, 5) is 15.7. The highest BCUT2D eigenvalue weighted by Gasteiger charge is 2.38. The van der Waals surface area contributed by atoms with Gasteiger partial charge >= 0.3 is 0 Å². The van der Waals surface area contributed by atoms with Crippen LogP contribution < -0.4 is 5.32 Å². The Morgan fingerprint density at radius 2 is 2.09 bits per heavy atom. The van der Waals surface area contributed by atoms with E-state index in [9.17, 15) is 4.79 Å². The zero-order chi connectivity index (χ0) is 15.9. The van der Waals surface area contributed by atoms with Crippen molar-refractivity contribution in [1.82, 2.24) is 20.1 Å². The number of H-pyrrole nitrogens is 1. The van der Waals surface area contributed by atoms with Gasteiger partial charge in [0.15, 0.2) is 0 Å². The van der Waals surface area contributed by atoms with Gasteiger partial charge in [0.05, 0.1) is 30.0 Å². The molecule has 3 rings (SSSR count). The minimum atomic E-state index is -0.0819. The Kier molecular flexibility index (Phi) is 3.78. The fraction of sp³-hybridized carbons (Fsp3) is 0.500. The largest absolute Gasteiger partial charge is 0.373 e. The molecule has 1 amide bonds. The Hall–Kier alpha value is -2.08. The van der Waals surface area contributed by atoms with E-state index in [-0.39, 0.29) is 24.2 Å². The second kappa shape index (κ2) is 5.61. The Morgan fingerprint density at radius 3 is 2.68 bits per heavy atom. The van der Waals surface area contributed by atoms with E-state index in [0.717, 1.165) is 11.1 Å². The van der Waals surface area contributed by atoms with Gasteiger partial charge in [0, 0.05) is 42.7 Å². The number of ether oxygens (including phenoxy) is 1. The molecule has 1 aliphatic heterocycles. The Morgan fingerprint density at radius 1 is 1.32 bits per heavy atom. The zero-order valence-corrected chi connectivity index (χ0v) is 13.3. The van der Waals surface area contributed by atoms with Crippen molar-refractivity contribution >= 4 is 5.91 Å². The van der Waals surface area contributed by atoms with Gasteiger partial charge in [-0.2, -0.15) is 5.10 Å². The highest BCUT2D eigenvalue weighted by atomic mass is 16.5. The van der Waals surface area contributed by atoms with Crippen LogP contribution in [0.3, 0.4) is 0 Å². The van der Waals surface area contributed by atoms with Crippen molar-refractivity contribution in [3.63, 3.8) is 0 Å². The third-order valence-corrected chi connectivity index (χ3v) is 4.55. The number of carbonyl (C=O) groups is 1. The number of aromatic amines is 1. The topological polar surface area (TPSA) is 71.9 Å². The van der Waals surface area contributed by atoms with Crippen molar-refractivity contribution in [3.05, 3.63) is 30.4 Å². The molecule has 1 aliphatic rings. The lowest BCUT2D eigenvalue weighted by Gasteiger charge is -2.20. The summed E-state index contributed by atoms with van der Waals surface area (Å²) in [6.07, 6.45) is 7.38. The molecule has 2 aromatic rings. The first kappa shape index (κ1) is 14.8. The van der Waals surface area contributed by atoms with E-state index in [4.69, 9.17) is 4.74 Å². The second-order valence-corrected chi connectivity index (χ2v) is 6.09. The first-order valence-corrected chi connectivity index (χ1v) is 7.59. The average Bonchev–Trinajstić information content (AvgIpc) is 3.15. The monoisotopic (exact) mass is 302 g/mol. The lowest BCUT2D eigenvalue weighted by atomic mass is 9.96. The molecule has 2 aromatic heterocycles. The number of aryl methyl sites for hydroxylation is 1. The molecule has 3 heterocycles. The molecule has 0 aromatic carbocycles. The van der Waals surface area contributed by atoms with Crippen molar-refractivity contribution in [3.8, 4) is 11.1 Å². The van der Waals surface area contributed by atoms with Crippen LogP contribution in [0.2, 0.25) is 0 Å². The molecule has 0 spiro atoms. The molecule has 1 fully saturated rings. The highest BCUT2D eigenvalue weighted by Crippen LogP contribution is 2.28. The minimum Gasteiger partial charge on any atom is -0.373 e. The molecule has 2 N–H and O–H groups in total. The minimum absolute atomic E-state index is 0.0229. The molecule has 0 bridgehead atoms. The molecule has 6 heteroatoms. The van der Waals surface area contributed by atoms with Gasteiger partial charge in [0.25, 0.3) is 5.91 Å². The van der Waals surface area contributed by atoms with E-state index in [1.54, 1.807) is 17.1 Å². The van der Waals surface area contributed by atoms with Crippen molar-refractivity contribution < 1.29 is 9.53 Å². The lowest BCUT2D eigenvalue weighted by Crippen LogP contribution is -2.43. The van der Waals surface area contributed by atoms with Gasteiger partial charge in [-0.3, -0.25) is 9.48 Å².